The first kappa shape index (κ1) is 16.7. The summed E-state index contributed by atoms with van der Waals surface area (Å²) in [6.45, 7) is 2.66. The van der Waals surface area contributed by atoms with E-state index in [1.807, 2.05) is 0 Å². The molecule has 6 heteroatoms. The standard InChI is InChI=1S/C15H18FN3O2/c1-2-18-14(20)7-9-19-15(21)12-10-11(4-3-8-17)5-6-13(12)16/h5-6,10H,2,7-9,17H2,1H3,(H,18,20)(H,19,21). The zero-order chi connectivity index (χ0) is 15.7. The summed E-state index contributed by atoms with van der Waals surface area (Å²) in [5.74, 6) is 3.99. The summed E-state index contributed by atoms with van der Waals surface area (Å²) in [7, 11) is 0. The van der Waals surface area contributed by atoms with Crippen molar-refractivity contribution in [3.63, 3.8) is 0 Å². The molecule has 0 fully saturated rings. The van der Waals surface area contributed by atoms with E-state index in [2.05, 4.69) is 22.5 Å². The molecule has 0 saturated carbocycles. The highest BCUT2D eigenvalue weighted by Crippen LogP contribution is 2.10. The number of rotatable bonds is 5. The molecule has 1 rings (SSSR count). The Labute approximate surface area is 123 Å². The molecule has 0 unspecified atom stereocenters. The van der Waals surface area contributed by atoms with Gasteiger partial charge >= 0.3 is 0 Å². The van der Waals surface area contributed by atoms with Gasteiger partial charge in [-0.05, 0) is 25.1 Å². The van der Waals surface area contributed by atoms with E-state index >= 15 is 0 Å². The number of hydrogen-bond donors (Lipinski definition) is 3. The number of carbonyl (C=O) groups excluding carboxylic acids is 2. The van der Waals surface area contributed by atoms with Crippen LogP contribution in [0.2, 0.25) is 0 Å². The van der Waals surface area contributed by atoms with Crippen molar-refractivity contribution >= 4 is 11.8 Å². The normalized spacial score (nSPS) is 9.48. The Morgan fingerprint density at radius 3 is 2.76 bits per heavy atom. The van der Waals surface area contributed by atoms with Gasteiger partial charge in [0, 0.05) is 25.1 Å². The third-order valence-electron chi connectivity index (χ3n) is 2.56. The molecule has 1 aromatic carbocycles. The predicted octanol–water partition coefficient (Wildman–Crippen LogP) is 0.392. The highest BCUT2D eigenvalue weighted by atomic mass is 19.1. The molecule has 0 heterocycles. The molecule has 0 spiro atoms. The summed E-state index contributed by atoms with van der Waals surface area (Å²) in [5.41, 5.74) is 5.67. The van der Waals surface area contributed by atoms with E-state index in [9.17, 15) is 14.0 Å². The number of hydrogen-bond acceptors (Lipinski definition) is 3. The Morgan fingerprint density at radius 2 is 2.10 bits per heavy atom. The van der Waals surface area contributed by atoms with Gasteiger partial charge in [0.2, 0.25) is 5.91 Å². The number of benzene rings is 1. The fourth-order valence-electron chi connectivity index (χ4n) is 1.60. The number of carbonyl (C=O) groups is 2. The Morgan fingerprint density at radius 1 is 1.33 bits per heavy atom. The van der Waals surface area contributed by atoms with Crippen LogP contribution in [0, 0.1) is 17.7 Å². The van der Waals surface area contributed by atoms with Crippen molar-refractivity contribution < 1.29 is 14.0 Å². The molecule has 21 heavy (non-hydrogen) atoms. The van der Waals surface area contributed by atoms with Crippen molar-refractivity contribution in [2.24, 2.45) is 5.73 Å². The lowest BCUT2D eigenvalue weighted by Crippen LogP contribution is -2.31. The third-order valence-corrected chi connectivity index (χ3v) is 2.56. The van der Waals surface area contributed by atoms with Crippen molar-refractivity contribution in [2.75, 3.05) is 19.6 Å². The highest BCUT2D eigenvalue weighted by molar-refractivity contribution is 5.95. The molecule has 4 N–H and O–H groups in total. The first-order valence-electron chi connectivity index (χ1n) is 6.61. The maximum absolute atomic E-state index is 13.6. The summed E-state index contributed by atoms with van der Waals surface area (Å²) in [6, 6.07) is 4.02. The second-order valence-corrected chi connectivity index (χ2v) is 4.16. The van der Waals surface area contributed by atoms with Gasteiger partial charge in [0.25, 0.3) is 5.91 Å². The fraction of sp³-hybridized carbons (Fsp3) is 0.333. The Bertz CT molecular complexity index is 576. The van der Waals surface area contributed by atoms with Crippen LogP contribution in [0.25, 0.3) is 0 Å². The molecule has 5 nitrogen and oxygen atoms in total. The van der Waals surface area contributed by atoms with Crippen LogP contribution in [0.4, 0.5) is 4.39 Å². The van der Waals surface area contributed by atoms with Gasteiger partial charge < -0.3 is 16.4 Å². The maximum atomic E-state index is 13.6. The average molecular weight is 291 g/mol. The molecule has 0 aliphatic heterocycles. The second-order valence-electron chi connectivity index (χ2n) is 4.16. The summed E-state index contributed by atoms with van der Waals surface area (Å²) >= 11 is 0. The van der Waals surface area contributed by atoms with Crippen LogP contribution in [0.3, 0.4) is 0 Å². The zero-order valence-electron chi connectivity index (χ0n) is 11.8. The van der Waals surface area contributed by atoms with Crippen molar-refractivity contribution in [1.82, 2.24) is 10.6 Å². The lowest BCUT2D eigenvalue weighted by atomic mass is 10.1. The van der Waals surface area contributed by atoms with Gasteiger partial charge in [0.15, 0.2) is 0 Å². The molecule has 0 aromatic heterocycles. The van der Waals surface area contributed by atoms with E-state index < -0.39 is 11.7 Å². The quantitative estimate of drug-likeness (QED) is 0.686. The fourth-order valence-corrected chi connectivity index (χ4v) is 1.60. The molecule has 0 aliphatic rings. The number of nitrogens with one attached hydrogen (secondary N) is 2. The minimum atomic E-state index is -0.635. The molecule has 0 atom stereocenters. The number of nitrogens with two attached hydrogens (primary N) is 1. The van der Waals surface area contributed by atoms with Crippen LogP contribution < -0.4 is 16.4 Å². The molecule has 0 bridgehead atoms. The summed E-state index contributed by atoms with van der Waals surface area (Å²) < 4.78 is 13.6. The molecule has 1 aromatic rings. The minimum absolute atomic E-state index is 0.102. The Balaban J connectivity index is 2.67. The minimum Gasteiger partial charge on any atom is -0.356 e. The molecule has 0 saturated heterocycles. The van der Waals surface area contributed by atoms with Gasteiger partial charge in [-0.25, -0.2) is 4.39 Å². The van der Waals surface area contributed by atoms with E-state index in [4.69, 9.17) is 5.73 Å². The Hall–Kier alpha value is -2.39. The first-order chi connectivity index (χ1) is 10.1. The van der Waals surface area contributed by atoms with E-state index in [0.717, 1.165) is 0 Å². The van der Waals surface area contributed by atoms with E-state index in [1.54, 1.807) is 6.92 Å². The molecule has 0 radical (unpaired) electrons. The average Bonchev–Trinajstić information content (AvgIpc) is 2.46. The van der Waals surface area contributed by atoms with Crippen molar-refractivity contribution in [3.8, 4) is 11.8 Å². The van der Waals surface area contributed by atoms with Gasteiger partial charge in [-0.3, -0.25) is 9.59 Å². The van der Waals surface area contributed by atoms with Crippen molar-refractivity contribution in [2.45, 2.75) is 13.3 Å². The van der Waals surface area contributed by atoms with Crippen LogP contribution in [0.1, 0.15) is 29.3 Å². The predicted molar refractivity (Wildman–Crippen MR) is 78.0 cm³/mol. The van der Waals surface area contributed by atoms with Crippen molar-refractivity contribution in [1.29, 1.82) is 0 Å². The van der Waals surface area contributed by atoms with Gasteiger partial charge in [-0.1, -0.05) is 11.8 Å². The summed E-state index contributed by atoms with van der Waals surface area (Å²) in [6.07, 6.45) is 0.147. The van der Waals surface area contributed by atoms with Crippen molar-refractivity contribution in [3.05, 3.63) is 35.1 Å². The number of amides is 2. The molecule has 0 aliphatic carbocycles. The SMILES string of the molecule is CCNC(=O)CCNC(=O)c1cc(C#CCN)ccc1F. The van der Waals surface area contributed by atoms with Crippen LogP contribution in [0.15, 0.2) is 18.2 Å². The van der Waals surface area contributed by atoms with Crippen LogP contribution in [-0.2, 0) is 4.79 Å². The van der Waals surface area contributed by atoms with Crippen LogP contribution in [0.5, 0.6) is 0 Å². The smallest absolute Gasteiger partial charge is 0.254 e. The summed E-state index contributed by atoms with van der Waals surface area (Å²) in [4.78, 5) is 23.1. The third kappa shape index (κ3) is 5.63. The molecule has 112 valence electrons. The van der Waals surface area contributed by atoms with E-state index in [0.29, 0.717) is 12.1 Å². The van der Waals surface area contributed by atoms with Gasteiger partial charge in [0.05, 0.1) is 12.1 Å². The molecule has 2 amide bonds. The van der Waals surface area contributed by atoms with Gasteiger partial charge in [0.1, 0.15) is 5.82 Å². The lowest BCUT2D eigenvalue weighted by Gasteiger charge is -2.06. The monoisotopic (exact) mass is 291 g/mol. The Kier molecular flexibility index (Phi) is 6.92. The van der Waals surface area contributed by atoms with E-state index in [1.165, 1.54) is 18.2 Å². The van der Waals surface area contributed by atoms with Crippen LogP contribution >= 0.6 is 0 Å². The largest absolute Gasteiger partial charge is 0.356 e. The molecular weight excluding hydrogens is 273 g/mol. The second kappa shape index (κ2) is 8.72. The van der Waals surface area contributed by atoms with Crippen LogP contribution in [-0.4, -0.2) is 31.4 Å². The number of halogens is 1. The van der Waals surface area contributed by atoms with Gasteiger partial charge in [-0.2, -0.15) is 0 Å². The first-order valence-corrected chi connectivity index (χ1v) is 6.61. The lowest BCUT2D eigenvalue weighted by molar-refractivity contribution is -0.120. The summed E-state index contributed by atoms with van der Waals surface area (Å²) in [5, 5.41) is 5.11. The molecular formula is C15H18FN3O2. The topological polar surface area (TPSA) is 84.2 Å². The highest BCUT2D eigenvalue weighted by Gasteiger charge is 2.12. The van der Waals surface area contributed by atoms with E-state index in [-0.39, 0.29) is 31.0 Å². The van der Waals surface area contributed by atoms with Gasteiger partial charge in [-0.15, -0.1) is 0 Å². The zero-order valence-corrected chi connectivity index (χ0v) is 11.8. The maximum Gasteiger partial charge on any atom is 0.254 e.